The lowest BCUT2D eigenvalue weighted by molar-refractivity contribution is -0.122. The monoisotopic (exact) mass is 246 g/mol. The van der Waals surface area contributed by atoms with Crippen molar-refractivity contribution in [3.05, 3.63) is 24.3 Å². The van der Waals surface area contributed by atoms with Crippen molar-refractivity contribution >= 4 is 22.7 Å². The molecule has 88 valence electrons. The molecule has 6 nitrogen and oxygen atoms in total. The van der Waals surface area contributed by atoms with Crippen LogP contribution in [0.4, 0.5) is 0 Å². The Balaban J connectivity index is 0.000000487. The molecule has 0 saturated heterocycles. The van der Waals surface area contributed by atoms with Gasteiger partial charge in [-0.05, 0) is 12.1 Å². The molecule has 7 heteroatoms. The summed E-state index contributed by atoms with van der Waals surface area (Å²) in [6.45, 7) is 0. The first kappa shape index (κ1) is 14.3. The van der Waals surface area contributed by atoms with Crippen LogP contribution in [0.5, 0.6) is 5.75 Å². The van der Waals surface area contributed by atoms with Gasteiger partial charge in [0.15, 0.2) is 12.6 Å². The number of rotatable bonds is 3. The maximum atomic E-state index is 10.7. The smallest absolute Gasteiger partial charge is 0.298 e. The zero-order valence-corrected chi connectivity index (χ0v) is 9.18. The van der Waals surface area contributed by atoms with Crippen LogP contribution in [0.15, 0.2) is 29.2 Å². The standard InChI is InChI=1S/C7H8O4S.C2H2O2/c1-11-6-4-2-3-5-7(6)12(8,9)10;3-1-2-4/h2-5H,1H3,(H,8,9,10);1-2H. The first-order valence-corrected chi connectivity index (χ1v) is 5.40. The maximum Gasteiger partial charge on any atom is 0.298 e. The lowest BCUT2D eigenvalue weighted by Crippen LogP contribution is -2.00. The number of carbonyl (C=O) groups excluding carboxylic acids is 2. The van der Waals surface area contributed by atoms with Gasteiger partial charge in [0.05, 0.1) is 7.11 Å². The van der Waals surface area contributed by atoms with Crippen LogP contribution < -0.4 is 4.74 Å². The van der Waals surface area contributed by atoms with Gasteiger partial charge >= 0.3 is 0 Å². The number of benzene rings is 1. The Hall–Kier alpha value is -1.73. The van der Waals surface area contributed by atoms with Crippen LogP contribution >= 0.6 is 0 Å². The molecule has 0 bridgehead atoms. The van der Waals surface area contributed by atoms with Crippen molar-refractivity contribution in [2.45, 2.75) is 4.90 Å². The molecule has 0 amide bonds. The largest absolute Gasteiger partial charge is 0.495 e. The Morgan fingerprint density at radius 3 is 2.00 bits per heavy atom. The lowest BCUT2D eigenvalue weighted by Gasteiger charge is -2.03. The van der Waals surface area contributed by atoms with Gasteiger partial charge < -0.3 is 4.74 Å². The highest BCUT2D eigenvalue weighted by molar-refractivity contribution is 7.86. The van der Waals surface area contributed by atoms with E-state index in [4.69, 9.17) is 18.9 Å². The van der Waals surface area contributed by atoms with Crippen LogP contribution in [-0.4, -0.2) is 32.7 Å². The van der Waals surface area contributed by atoms with Gasteiger partial charge in [-0.25, -0.2) is 0 Å². The molecule has 0 aliphatic rings. The molecule has 1 aromatic carbocycles. The third kappa shape index (κ3) is 4.67. The van der Waals surface area contributed by atoms with E-state index in [-0.39, 0.29) is 23.2 Å². The molecule has 0 aliphatic heterocycles. The van der Waals surface area contributed by atoms with Crippen LogP contribution in [0.2, 0.25) is 0 Å². The van der Waals surface area contributed by atoms with Crippen LogP contribution in [-0.2, 0) is 19.7 Å². The van der Waals surface area contributed by atoms with Gasteiger partial charge in [-0.1, -0.05) is 12.1 Å². The highest BCUT2D eigenvalue weighted by atomic mass is 32.2. The van der Waals surface area contributed by atoms with Crippen molar-refractivity contribution < 1.29 is 27.3 Å². The molecular formula is C9H10O6S. The molecule has 0 atom stereocenters. The summed E-state index contributed by atoms with van der Waals surface area (Å²) in [7, 11) is -2.83. The minimum Gasteiger partial charge on any atom is -0.495 e. The molecule has 1 N–H and O–H groups in total. The topological polar surface area (TPSA) is 97.7 Å². The van der Waals surface area contributed by atoms with E-state index in [9.17, 15) is 8.42 Å². The van der Waals surface area contributed by atoms with E-state index in [0.717, 1.165) is 0 Å². The molecule has 0 fully saturated rings. The first-order valence-electron chi connectivity index (χ1n) is 3.96. The normalized spacial score (nSPS) is 9.62. The van der Waals surface area contributed by atoms with E-state index in [2.05, 4.69) is 0 Å². The number of ether oxygens (including phenoxy) is 1. The summed E-state index contributed by atoms with van der Waals surface area (Å²) < 4.78 is 34.8. The Labute approximate surface area is 92.6 Å². The first-order chi connectivity index (χ1) is 7.47. The summed E-state index contributed by atoms with van der Waals surface area (Å²) >= 11 is 0. The SMILES string of the molecule is COc1ccccc1S(=O)(=O)O.O=CC=O. The number of methoxy groups -OCH3 is 1. The van der Waals surface area contributed by atoms with Crippen molar-refractivity contribution in [3.63, 3.8) is 0 Å². The minimum absolute atomic E-state index is 0.139. The van der Waals surface area contributed by atoms with Gasteiger partial charge in [-0.2, -0.15) is 8.42 Å². The number of hydrogen-bond acceptors (Lipinski definition) is 5. The highest BCUT2D eigenvalue weighted by Gasteiger charge is 2.14. The second-order valence-corrected chi connectivity index (χ2v) is 3.79. The van der Waals surface area contributed by atoms with Crippen molar-refractivity contribution in [1.82, 2.24) is 0 Å². The molecule has 1 aromatic rings. The quantitative estimate of drug-likeness (QED) is 0.468. The second kappa shape index (κ2) is 6.70. The maximum absolute atomic E-state index is 10.7. The summed E-state index contributed by atoms with van der Waals surface area (Å²) in [5.74, 6) is 0.139. The fourth-order valence-electron chi connectivity index (χ4n) is 0.832. The molecule has 0 aromatic heterocycles. The Bertz CT molecular complexity index is 445. The summed E-state index contributed by atoms with van der Waals surface area (Å²) in [5, 5.41) is 0. The fraction of sp³-hybridized carbons (Fsp3) is 0.111. The van der Waals surface area contributed by atoms with Gasteiger partial charge in [-0.15, -0.1) is 0 Å². The molecule has 1 rings (SSSR count). The van der Waals surface area contributed by atoms with Crippen LogP contribution in [0.3, 0.4) is 0 Å². The fourth-order valence-corrected chi connectivity index (χ4v) is 1.49. The molecule has 0 heterocycles. The van der Waals surface area contributed by atoms with Crippen molar-refractivity contribution in [2.24, 2.45) is 0 Å². The summed E-state index contributed by atoms with van der Waals surface area (Å²) in [4.78, 5) is 17.4. The summed E-state index contributed by atoms with van der Waals surface area (Å²) in [6.07, 6.45) is 0.389. The molecule has 0 saturated carbocycles. The van der Waals surface area contributed by atoms with Crippen molar-refractivity contribution in [1.29, 1.82) is 0 Å². The number of carbonyl (C=O) groups is 2. The van der Waals surface area contributed by atoms with E-state index < -0.39 is 10.1 Å². The van der Waals surface area contributed by atoms with Gasteiger partial charge in [0.1, 0.15) is 10.6 Å². The molecule has 0 aliphatic carbocycles. The highest BCUT2D eigenvalue weighted by Crippen LogP contribution is 2.21. The lowest BCUT2D eigenvalue weighted by atomic mass is 10.3. The third-order valence-electron chi connectivity index (χ3n) is 1.40. The van der Waals surface area contributed by atoms with E-state index >= 15 is 0 Å². The van der Waals surface area contributed by atoms with Crippen LogP contribution in [0.25, 0.3) is 0 Å². The van der Waals surface area contributed by atoms with Gasteiger partial charge in [0.2, 0.25) is 0 Å². The van der Waals surface area contributed by atoms with Gasteiger partial charge in [0, 0.05) is 0 Å². The van der Waals surface area contributed by atoms with Gasteiger partial charge in [0.25, 0.3) is 10.1 Å². The van der Waals surface area contributed by atoms with Crippen molar-refractivity contribution in [3.8, 4) is 5.75 Å². The molecule has 0 spiro atoms. The Morgan fingerprint density at radius 2 is 1.69 bits per heavy atom. The predicted octanol–water partition coefficient (Wildman–Crippen LogP) is 0.326. The summed E-state index contributed by atoms with van der Waals surface area (Å²) in [6, 6.07) is 5.86. The third-order valence-corrected chi connectivity index (χ3v) is 2.30. The number of hydrogen-bond donors (Lipinski definition) is 1. The summed E-state index contributed by atoms with van der Waals surface area (Å²) in [5.41, 5.74) is 0. The zero-order valence-electron chi connectivity index (χ0n) is 8.36. The average Bonchev–Trinajstić information content (AvgIpc) is 2.28. The molecule has 0 radical (unpaired) electrons. The Morgan fingerprint density at radius 1 is 1.19 bits per heavy atom. The van der Waals surface area contributed by atoms with E-state index in [0.29, 0.717) is 0 Å². The minimum atomic E-state index is -4.17. The number of aldehydes is 2. The Kier molecular flexibility index (Phi) is 5.97. The van der Waals surface area contributed by atoms with E-state index in [1.807, 2.05) is 0 Å². The van der Waals surface area contributed by atoms with E-state index in [1.165, 1.54) is 25.3 Å². The predicted molar refractivity (Wildman–Crippen MR) is 54.9 cm³/mol. The average molecular weight is 246 g/mol. The molecular weight excluding hydrogens is 236 g/mol. The second-order valence-electron chi connectivity index (χ2n) is 2.40. The van der Waals surface area contributed by atoms with Crippen LogP contribution in [0, 0.1) is 0 Å². The molecule has 16 heavy (non-hydrogen) atoms. The van der Waals surface area contributed by atoms with E-state index in [1.54, 1.807) is 6.07 Å². The van der Waals surface area contributed by atoms with Gasteiger partial charge in [-0.3, -0.25) is 14.1 Å². The van der Waals surface area contributed by atoms with Crippen LogP contribution in [0.1, 0.15) is 0 Å². The van der Waals surface area contributed by atoms with Crippen molar-refractivity contribution in [2.75, 3.05) is 7.11 Å². The number of para-hydroxylation sites is 1. The molecule has 0 unspecified atom stereocenters. The zero-order chi connectivity index (χ0) is 12.6.